The fourth-order valence-corrected chi connectivity index (χ4v) is 4.28. The van der Waals surface area contributed by atoms with Gasteiger partial charge in [-0.2, -0.15) is 26.3 Å². The third-order valence-corrected chi connectivity index (χ3v) is 6.27. The van der Waals surface area contributed by atoms with Crippen LogP contribution >= 0.6 is 0 Å². The van der Waals surface area contributed by atoms with Crippen molar-refractivity contribution in [1.29, 1.82) is 0 Å². The van der Waals surface area contributed by atoms with Gasteiger partial charge in [0.2, 0.25) is 11.7 Å². The molecule has 0 saturated carbocycles. The third-order valence-electron chi connectivity index (χ3n) is 6.27. The molecule has 3 heterocycles. The van der Waals surface area contributed by atoms with Crippen LogP contribution in [-0.4, -0.2) is 42.1 Å². The minimum atomic E-state index is -4.94. The van der Waals surface area contributed by atoms with Gasteiger partial charge in [0.15, 0.2) is 5.69 Å². The molecule has 1 fully saturated rings. The van der Waals surface area contributed by atoms with Crippen molar-refractivity contribution in [3.8, 4) is 11.5 Å². The van der Waals surface area contributed by atoms with E-state index in [1.165, 1.54) is 30.5 Å². The van der Waals surface area contributed by atoms with E-state index in [4.69, 9.17) is 4.42 Å². The van der Waals surface area contributed by atoms with Crippen LogP contribution in [0, 0.1) is 0 Å². The van der Waals surface area contributed by atoms with E-state index in [1.54, 1.807) is 30.3 Å². The van der Waals surface area contributed by atoms with Gasteiger partial charge in [-0.1, -0.05) is 24.3 Å². The molecule has 2 aromatic carbocycles. The molecule has 0 unspecified atom stereocenters. The molecular weight excluding hydrogens is 540 g/mol. The Morgan fingerprint density at radius 1 is 0.825 bits per heavy atom. The SMILES string of the molecule is O=C(Nc1ccc(N2CCN(c3cccc(C(F)(F)F)c3)CC2)nc1)c1nc(-c2ccccc2)oc1C(F)(F)F. The van der Waals surface area contributed by atoms with E-state index in [0.717, 1.165) is 12.1 Å². The molecule has 1 aliphatic heterocycles. The summed E-state index contributed by atoms with van der Waals surface area (Å²) in [5, 5.41) is 2.37. The normalized spacial score (nSPS) is 14.3. The summed E-state index contributed by atoms with van der Waals surface area (Å²) in [5.41, 5.74) is -0.709. The van der Waals surface area contributed by atoms with Crippen molar-refractivity contribution in [3.63, 3.8) is 0 Å². The second kappa shape index (κ2) is 10.5. The molecule has 208 valence electrons. The molecule has 4 aromatic rings. The first-order valence-electron chi connectivity index (χ1n) is 12.1. The highest BCUT2D eigenvalue weighted by Gasteiger charge is 2.42. The van der Waals surface area contributed by atoms with Crippen LogP contribution in [0.2, 0.25) is 0 Å². The summed E-state index contributed by atoms with van der Waals surface area (Å²) in [5.74, 6) is -2.41. The van der Waals surface area contributed by atoms with Crippen LogP contribution in [-0.2, 0) is 12.4 Å². The number of piperazine rings is 1. The predicted octanol–water partition coefficient (Wildman–Crippen LogP) is 6.35. The maximum Gasteiger partial charge on any atom is 0.452 e. The molecule has 2 aromatic heterocycles. The smallest absolute Gasteiger partial charge is 0.431 e. The zero-order valence-corrected chi connectivity index (χ0v) is 20.6. The highest BCUT2D eigenvalue weighted by Crippen LogP contribution is 2.36. The first-order valence-corrected chi connectivity index (χ1v) is 12.1. The molecule has 0 bridgehead atoms. The number of carbonyl (C=O) groups is 1. The fraction of sp³-hybridized carbons (Fsp3) is 0.222. The van der Waals surface area contributed by atoms with Crippen LogP contribution in [0.5, 0.6) is 0 Å². The van der Waals surface area contributed by atoms with Crippen molar-refractivity contribution in [2.45, 2.75) is 12.4 Å². The molecule has 1 aliphatic rings. The Morgan fingerprint density at radius 3 is 2.15 bits per heavy atom. The zero-order valence-electron chi connectivity index (χ0n) is 20.6. The quantitative estimate of drug-likeness (QED) is 0.286. The van der Waals surface area contributed by atoms with Gasteiger partial charge in [0.25, 0.3) is 5.91 Å². The van der Waals surface area contributed by atoms with E-state index in [-0.39, 0.29) is 17.1 Å². The number of benzene rings is 2. The summed E-state index contributed by atoms with van der Waals surface area (Å²) in [6.45, 7) is 1.87. The summed E-state index contributed by atoms with van der Waals surface area (Å²) in [6.07, 6.45) is -8.06. The lowest BCUT2D eigenvalue weighted by Crippen LogP contribution is -2.46. The largest absolute Gasteiger partial charge is 0.452 e. The molecule has 5 rings (SSSR count). The number of halogens is 6. The Hall–Kier alpha value is -4.55. The van der Waals surface area contributed by atoms with Gasteiger partial charge in [0, 0.05) is 37.4 Å². The van der Waals surface area contributed by atoms with Crippen LogP contribution in [0.25, 0.3) is 11.5 Å². The number of carbonyl (C=O) groups excluding carboxylic acids is 1. The highest BCUT2D eigenvalue weighted by molar-refractivity contribution is 6.04. The number of nitrogens with zero attached hydrogens (tertiary/aromatic N) is 4. The maximum absolute atomic E-state index is 13.6. The second-order valence-corrected chi connectivity index (χ2v) is 8.94. The number of nitrogens with one attached hydrogen (secondary N) is 1. The maximum atomic E-state index is 13.6. The van der Waals surface area contributed by atoms with Crippen LogP contribution in [0.3, 0.4) is 0 Å². The van der Waals surface area contributed by atoms with Gasteiger partial charge >= 0.3 is 12.4 Å². The summed E-state index contributed by atoms with van der Waals surface area (Å²) in [7, 11) is 0. The summed E-state index contributed by atoms with van der Waals surface area (Å²) >= 11 is 0. The monoisotopic (exact) mass is 561 g/mol. The Kier molecular flexibility index (Phi) is 7.13. The number of pyridine rings is 1. The van der Waals surface area contributed by atoms with Crippen LogP contribution in [0.4, 0.5) is 43.5 Å². The second-order valence-electron chi connectivity index (χ2n) is 8.94. The molecule has 1 N–H and O–H groups in total. The molecule has 0 spiro atoms. The van der Waals surface area contributed by atoms with Crippen molar-refractivity contribution in [2.75, 3.05) is 41.3 Å². The van der Waals surface area contributed by atoms with Crippen molar-refractivity contribution in [1.82, 2.24) is 9.97 Å². The Bertz CT molecular complexity index is 1480. The summed E-state index contributed by atoms with van der Waals surface area (Å²) < 4.78 is 84.7. The van der Waals surface area contributed by atoms with Gasteiger partial charge in [-0.15, -0.1) is 0 Å². The number of hydrogen-bond acceptors (Lipinski definition) is 6. The molecule has 7 nitrogen and oxygen atoms in total. The lowest BCUT2D eigenvalue weighted by atomic mass is 10.1. The van der Waals surface area contributed by atoms with Gasteiger partial charge in [0.1, 0.15) is 5.82 Å². The minimum absolute atomic E-state index is 0.147. The first-order chi connectivity index (χ1) is 19.0. The van der Waals surface area contributed by atoms with E-state index in [2.05, 4.69) is 15.3 Å². The standard InChI is InChI=1S/C27H21F6N5O2/c28-26(29,30)18-7-4-8-20(15-18)37-11-13-38(14-12-37)21-10-9-19(16-34-21)35-24(39)22-23(27(31,32)33)40-25(36-22)17-5-2-1-3-6-17/h1-10,15-16H,11-14H2,(H,35,39). The lowest BCUT2D eigenvalue weighted by molar-refractivity contribution is -0.153. The van der Waals surface area contributed by atoms with Crippen molar-refractivity contribution in [3.05, 3.63) is 89.9 Å². The molecule has 0 radical (unpaired) electrons. The number of hydrogen-bond donors (Lipinski definition) is 1. The van der Waals surface area contributed by atoms with E-state index >= 15 is 0 Å². The van der Waals surface area contributed by atoms with Crippen molar-refractivity contribution >= 4 is 23.1 Å². The minimum Gasteiger partial charge on any atom is -0.431 e. The number of aromatic nitrogens is 2. The average Bonchev–Trinajstić information content (AvgIpc) is 3.41. The number of rotatable bonds is 5. The highest BCUT2D eigenvalue weighted by atomic mass is 19.4. The summed E-state index contributed by atoms with van der Waals surface area (Å²) in [4.78, 5) is 24.6. The molecule has 0 atom stereocenters. The Morgan fingerprint density at radius 2 is 1.52 bits per heavy atom. The average molecular weight is 561 g/mol. The van der Waals surface area contributed by atoms with E-state index < -0.39 is 35.3 Å². The molecule has 13 heteroatoms. The number of alkyl halides is 6. The number of oxazole rings is 1. The molecular formula is C27H21F6N5O2. The fourth-order valence-electron chi connectivity index (χ4n) is 4.28. The number of amides is 1. The van der Waals surface area contributed by atoms with Crippen LogP contribution < -0.4 is 15.1 Å². The van der Waals surface area contributed by atoms with Crippen LogP contribution in [0.15, 0.2) is 77.3 Å². The van der Waals surface area contributed by atoms with Gasteiger partial charge < -0.3 is 19.5 Å². The summed E-state index contributed by atoms with van der Waals surface area (Å²) in [6, 6.07) is 16.1. The van der Waals surface area contributed by atoms with Gasteiger partial charge in [0.05, 0.1) is 17.4 Å². The van der Waals surface area contributed by atoms with Gasteiger partial charge in [-0.25, -0.2) is 9.97 Å². The van der Waals surface area contributed by atoms with Crippen LogP contribution in [0.1, 0.15) is 21.8 Å². The molecule has 1 saturated heterocycles. The Labute approximate surface area is 224 Å². The predicted molar refractivity (Wildman–Crippen MR) is 135 cm³/mol. The molecule has 40 heavy (non-hydrogen) atoms. The molecule has 1 amide bonds. The Balaban J connectivity index is 1.24. The topological polar surface area (TPSA) is 74.5 Å². The van der Waals surface area contributed by atoms with Gasteiger partial charge in [-0.05, 0) is 42.5 Å². The number of anilines is 3. The van der Waals surface area contributed by atoms with Crippen molar-refractivity contribution < 1.29 is 35.6 Å². The van der Waals surface area contributed by atoms with Gasteiger partial charge in [-0.3, -0.25) is 4.79 Å². The zero-order chi connectivity index (χ0) is 28.5. The van der Waals surface area contributed by atoms with Crippen molar-refractivity contribution in [2.24, 2.45) is 0 Å². The lowest BCUT2D eigenvalue weighted by Gasteiger charge is -2.37. The van der Waals surface area contributed by atoms with E-state index in [0.29, 0.717) is 37.7 Å². The van der Waals surface area contributed by atoms with E-state index in [9.17, 15) is 31.1 Å². The third kappa shape index (κ3) is 5.87. The molecule has 0 aliphatic carbocycles. The van der Waals surface area contributed by atoms with E-state index in [1.807, 2.05) is 9.80 Å². The first kappa shape index (κ1) is 27.0.